The van der Waals surface area contributed by atoms with Gasteiger partial charge in [-0.3, -0.25) is 0 Å². The van der Waals surface area contributed by atoms with Crippen LogP contribution in [0.1, 0.15) is 43.7 Å². The third kappa shape index (κ3) is 2.72. The topological polar surface area (TPSA) is 52.5 Å². The minimum atomic E-state index is 0.000182. The van der Waals surface area contributed by atoms with Gasteiger partial charge in [-0.25, -0.2) is 0 Å². The number of aryl methyl sites for hydroxylation is 1. The maximum atomic E-state index is 9.60. The van der Waals surface area contributed by atoms with Gasteiger partial charge in [-0.2, -0.15) is 0 Å². The van der Waals surface area contributed by atoms with Gasteiger partial charge in [0.25, 0.3) is 0 Å². The fourth-order valence-corrected chi connectivity index (χ4v) is 2.52. The van der Waals surface area contributed by atoms with Crippen LogP contribution < -0.4 is 5.32 Å². The molecule has 3 N–H and O–H groups in total. The first kappa shape index (κ1) is 12.2. The van der Waals surface area contributed by atoms with Crippen LogP contribution in [0.3, 0.4) is 0 Å². The highest BCUT2D eigenvalue weighted by atomic mass is 16.3. The standard InChI is InChI=1S/C14H21NO2/c1-9(2)15-8-11-5-3-4-10-6-13(16)14(17)7-12(10)11/h6-7,9,11,15-17H,3-5,8H2,1-2H3/t11-/m1/s1. The summed E-state index contributed by atoms with van der Waals surface area (Å²) in [7, 11) is 0. The molecule has 0 bridgehead atoms. The Morgan fingerprint density at radius 1 is 1.29 bits per heavy atom. The lowest BCUT2D eigenvalue weighted by molar-refractivity contribution is 0.398. The number of rotatable bonds is 3. The molecule has 3 heteroatoms. The summed E-state index contributed by atoms with van der Waals surface area (Å²) in [5, 5.41) is 22.6. The molecule has 1 aliphatic rings. The zero-order valence-corrected chi connectivity index (χ0v) is 10.5. The fourth-order valence-electron chi connectivity index (χ4n) is 2.52. The monoisotopic (exact) mass is 235 g/mol. The van der Waals surface area contributed by atoms with Crippen LogP contribution in [0.5, 0.6) is 11.5 Å². The van der Waals surface area contributed by atoms with Crippen LogP contribution in [-0.4, -0.2) is 22.8 Å². The SMILES string of the molecule is CC(C)NC[C@H]1CCCc2cc(O)c(O)cc21. The molecule has 0 radical (unpaired) electrons. The average Bonchev–Trinajstić information content (AvgIpc) is 2.28. The highest BCUT2D eigenvalue weighted by molar-refractivity contribution is 5.47. The Morgan fingerprint density at radius 2 is 2.00 bits per heavy atom. The molecule has 1 aromatic carbocycles. The van der Waals surface area contributed by atoms with Crippen LogP contribution in [0.4, 0.5) is 0 Å². The summed E-state index contributed by atoms with van der Waals surface area (Å²) >= 11 is 0. The van der Waals surface area contributed by atoms with E-state index in [0.717, 1.165) is 25.8 Å². The Morgan fingerprint density at radius 3 is 2.71 bits per heavy atom. The summed E-state index contributed by atoms with van der Waals surface area (Å²) in [4.78, 5) is 0. The first-order valence-electron chi connectivity index (χ1n) is 6.36. The first-order chi connectivity index (χ1) is 8.08. The lowest BCUT2D eigenvalue weighted by atomic mass is 9.82. The van der Waals surface area contributed by atoms with E-state index in [0.29, 0.717) is 12.0 Å². The summed E-state index contributed by atoms with van der Waals surface area (Å²) in [5.74, 6) is 0.453. The van der Waals surface area contributed by atoms with Gasteiger partial charge in [0, 0.05) is 12.6 Å². The maximum absolute atomic E-state index is 9.60. The van der Waals surface area contributed by atoms with Crippen LogP contribution in [0.15, 0.2) is 12.1 Å². The molecule has 0 unspecified atom stereocenters. The number of hydrogen-bond acceptors (Lipinski definition) is 3. The number of hydrogen-bond donors (Lipinski definition) is 3. The van der Waals surface area contributed by atoms with E-state index < -0.39 is 0 Å². The second-order valence-corrected chi connectivity index (χ2v) is 5.19. The molecule has 0 fully saturated rings. The highest BCUT2D eigenvalue weighted by Gasteiger charge is 2.22. The number of phenols is 2. The zero-order chi connectivity index (χ0) is 12.4. The van der Waals surface area contributed by atoms with Crippen LogP contribution in [0, 0.1) is 0 Å². The van der Waals surface area contributed by atoms with Gasteiger partial charge in [0.05, 0.1) is 0 Å². The number of fused-ring (bicyclic) bond motifs is 1. The largest absolute Gasteiger partial charge is 0.504 e. The predicted octanol–water partition coefficient (Wildman–Crippen LogP) is 2.52. The Labute approximate surface area is 102 Å². The molecule has 1 aliphatic carbocycles. The third-order valence-corrected chi connectivity index (χ3v) is 3.45. The Balaban J connectivity index is 2.21. The van der Waals surface area contributed by atoms with Crippen molar-refractivity contribution in [3.05, 3.63) is 23.3 Å². The molecule has 0 saturated heterocycles. The van der Waals surface area contributed by atoms with Crippen molar-refractivity contribution in [1.29, 1.82) is 0 Å². The van der Waals surface area contributed by atoms with E-state index in [9.17, 15) is 10.2 Å². The lowest BCUT2D eigenvalue weighted by Crippen LogP contribution is -2.29. The Hall–Kier alpha value is -1.22. The molecule has 0 spiro atoms. The van der Waals surface area contributed by atoms with Crippen LogP contribution >= 0.6 is 0 Å². The quantitative estimate of drug-likeness (QED) is 0.706. The molecule has 0 amide bonds. The zero-order valence-electron chi connectivity index (χ0n) is 10.5. The molecule has 0 aliphatic heterocycles. The normalized spacial score (nSPS) is 19.4. The number of aromatic hydroxyl groups is 2. The van der Waals surface area contributed by atoms with Gasteiger partial charge >= 0.3 is 0 Å². The van der Waals surface area contributed by atoms with E-state index in [-0.39, 0.29) is 11.5 Å². The number of benzene rings is 1. The van der Waals surface area contributed by atoms with Crippen molar-refractivity contribution in [2.45, 2.75) is 45.1 Å². The van der Waals surface area contributed by atoms with Crippen LogP contribution in [0.2, 0.25) is 0 Å². The number of nitrogens with one attached hydrogen (secondary N) is 1. The van der Waals surface area contributed by atoms with E-state index in [4.69, 9.17) is 0 Å². The van der Waals surface area contributed by atoms with Gasteiger partial charge in [-0.05, 0) is 48.4 Å². The van der Waals surface area contributed by atoms with E-state index >= 15 is 0 Å². The molecule has 94 valence electrons. The van der Waals surface area contributed by atoms with Crippen molar-refractivity contribution < 1.29 is 10.2 Å². The van der Waals surface area contributed by atoms with Crippen molar-refractivity contribution in [1.82, 2.24) is 5.32 Å². The van der Waals surface area contributed by atoms with Crippen molar-refractivity contribution in [3.8, 4) is 11.5 Å². The van der Waals surface area contributed by atoms with Crippen molar-refractivity contribution >= 4 is 0 Å². The smallest absolute Gasteiger partial charge is 0.157 e. The third-order valence-electron chi connectivity index (χ3n) is 3.45. The van der Waals surface area contributed by atoms with Gasteiger partial charge < -0.3 is 15.5 Å². The molecule has 17 heavy (non-hydrogen) atoms. The van der Waals surface area contributed by atoms with Crippen molar-refractivity contribution in [2.24, 2.45) is 0 Å². The average molecular weight is 235 g/mol. The highest BCUT2D eigenvalue weighted by Crippen LogP contribution is 2.37. The summed E-state index contributed by atoms with van der Waals surface area (Å²) < 4.78 is 0. The van der Waals surface area contributed by atoms with E-state index in [1.807, 2.05) is 0 Å². The molecule has 1 aromatic rings. The maximum Gasteiger partial charge on any atom is 0.157 e. The molecular formula is C14H21NO2. The minimum absolute atomic E-state index is 0.000182. The van der Waals surface area contributed by atoms with Gasteiger partial charge in [0.1, 0.15) is 0 Å². The van der Waals surface area contributed by atoms with Crippen LogP contribution in [0.25, 0.3) is 0 Å². The predicted molar refractivity (Wildman–Crippen MR) is 68.6 cm³/mol. The number of phenolic OH excluding ortho intramolecular Hbond substituents is 2. The van der Waals surface area contributed by atoms with Gasteiger partial charge in [0.15, 0.2) is 11.5 Å². The summed E-state index contributed by atoms with van der Waals surface area (Å²) in [5.41, 5.74) is 2.38. The van der Waals surface area contributed by atoms with Gasteiger partial charge in [-0.1, -0.05) is 13.8 Å². The van der Waals surface area contributed by atoms with Crippen LogP contribution in [-0.2, 0) is 6.42 Å². The van der Waals surface area contributed by atoms with E-state index in [1.54, 1.807) is 12.1 Å². The van der Waals surface area contributed by atoms with Crippen molar-refractivity contribution in [2.75, 3.05) is 6.54 Å². The lowest BCUT2D eigenvalue weighted by Gasteiger charge is -2.27. The summed E-state index contributed by atoms with van der Waals surface area (Å²) in [6.45, 7) is 5.21. The summed E-state index contributed by atoms with van der Waals surface area (Å²) in [6, 6.07) is 3.92. The first-order valence-corrected chi connectivity index (χ1v) is 6.36. The Kier molecular flexibility index (Phi) is 3.57. The second kappa shape index (κ2) is 4.96. The molecule has 0 saturated carbocycles. The fraction of sp³-hybridized carbons (Fsp3) is 0.571. The molecule has 1 atom stereocenters. The van der Waals surface area contributed by atoms with Gasteiger partial charge in [0.2, 0.25) is 0 Å². The minimum Gasteiger partial charge on any atom is -0.504 e. The molecular weight excluding hydrogens is 214 g/mol. The molecule has 0 aromatic heterocycles. The molecule has 3 nitrogen and oxygen atoms in total. The van der Waals surface area contributed by atoms with E-state index in [1.165, 1.54) is 11.1 Å². The summed E-state index contributed by atoms with van der Waals surface area (Å²) in [6.07, 6.45) is 3.31. The Bertz CT molecular complexity index is 401. The molecule has 0 heterocycles. The molecule has 2 rings (SSSR count). The second-order valence-electron chi connectivity index (χ2n) is 5.19. The van der Waals surface area contributed by atoms with Crippen molar-refractivity contribution in [3.63, 3.8) is 0 Å². The van der Waals surface area contributed by atoms with E-state index in [2.05, 4.69) is 19.2 Å². The van der Waals surface area contributed by atoms with Gasteiger partial charge in [-0.15, -0.1) is 0 Å².